The summed E-state index contributed by atoms with van der Waals surface area (Å²) in [7, 11) is -3.72. The molecular formula is C20H34N4O3S. The van der Waals surface area contributed by atoms with Gasteiger partial charge in [-0.2, -0.15) is 0 Å². The van der Waals surface area contributed by atoms with Gasteiger partial charge in [0.1, 0.15) is 0 Å². The first-order chi connectivity index (χ1) is 13.3. The Kier molecular flexibility index (Phi) is 7.86. The Morgan fingerprint density at radius 1 is 1.29 bits per heavy atom. The Balaban J connectivity index is 2.13. The zero-order valence-electron chi connectivity index (χ0n) is 17.4. The molecule has 2 unspecified atom stereocenters. The summed E-state index contributed by atoms with van der Waals surface area (Å²) in [6, 6.07) is 6.89. The normalized spacial score (nSPS) is 21.8. The smallest absolute Gasteiger partial charge is 0.238 e. The molecule has 0 spiro atoms. The third-order valence-corrected chi connectivity index (χ3v) is 6.68. The van der Waals surface area contributed by atoms with E-state index in [1.165, 1.54) is 6.07 Å². The molecule has 1 aromatic rings. The fourth-order valence-electron chi connectivity index (χ4n) is 4.06. The van der Waals surface area contributed by atoms with Crippen molar-refractivity contribution in [3.05, 3.63) is 29.8 Å². The molecule has 7 nitrogen and oxygen atoms in total. The number of nitrogens with one attached hydrogen (secondary N) is 2. The van der Waals surface area contributed by atoms with Gasteiger partial charge < -0.3 is 15.4 Å². The molecule has 2 rings (SSSR count). The Hall–Kier alpha value is -1.64. The molecule has 0 saturated heterocycles. The van der Waals surface area contributed by atoms with Crippen molar-refractivity contribution < 1.29 is 13.2 Å². The van der Waals surface area contributed by atoms with Crippen LogP contribution in [0, 0.1) is 5.41 Å². The van der Waals surface area contributed by atoms with Gasteiger partial charge in [0.2, 0.25) is 10.0 Å². The van der Waals surface area contributed by atoms with Crippen LogP contribution < -0.4 is 15.8 Å². The molecule has 1 aliphatic rings. The molecule has 0 amide bonds. The maximum Gasteiger partial charge on any atom is 0.238 e. The minimum Gasteiger partial charge on any atom is -0.378 e. The Bertz CT molecular complexity index is 775. The highest BCUT2D eigenvalue weighted by molar-refractivity contribution is 7.89. The zero-order valence-corrected chi connectivity index (χ0v) is 18.2. The van der Waals surface area contributed by atoms with Gasteiger partial charge in [-0.25, -0.2) is 18.5 Å². The van der Waals surface area contributed by atoms with E-state index >= 15 is 0 Å². The van der Waals surface area contributed by atoms with Gasteiger partial charge in [0, 0.05) is 24.6 Å². The van der Waals surface area contributed by atoms with Gasteiger partial charge in [0.25, 0.3) is 0 Å². The van der Waals surface area contributed by atoms with E-state index in [1.807, 2.05) is 19.9 Å². The maximum atomic E-state index is 11.5. The second-order valence-corrected chi connectivity index (χ2v) is 8.77. The molecule has 0 radical (unpaired) electrons. The van der Waals surface area contributed by atoms with Gasteiger partial charge in [0.05, 0.1) is 17.5 Å². The molecular weight excluding hydrogens is 376 g/mol. The van der Waals surface area contributed by atoms with Gasteiger partial charge in [-0.15, -0.1) is 0 Å². The predicted octanol–water partition coefficient (Wildman–Crippen LogP) is 2.37. The van der Waals surface area contributed by atoms with E-state index in [0.717, 1.165) is 43.9 Å². The standard InChI is InChI=1S/C20H34N4O3S/c1-5-20(6-2)17(13-18(20)27-8-4)24-19(22-7-3)23-14-15-10-9-11-16(12-15)28(21,25)26/h9-12,17-18H,5-8,13-14H2,1-4H3,(H2,21,25,26)(H2,22,23,24). The summed E-state index contributed by atoms with van der Waals surface area (Å²) in [5.74, 6) is 0.731. The average molecular weight is 411 g/mol. The topological polar surface area (TPSA) is 106 Å². The number of hydrogen-bond acceptors (Lipinski definition) is 4. The molecule has 0 heterocycles. The average Bonchev–Trinajstić information content (AvgIpc) is 2.66. The number of ether oxygens (including phenoxy) is 1. The Morgan fingerprint density at radius 3 is 2.57 bits per heavy atom. The summed E-state index contributed by atoms with van der Waals surface area (Å²) in [5.41, 5.74) is 0.904. The molecule has 0 aromatic heterocycles. The van der Waals surface area contributed by atoms with E-state index in [4.69, 9.17) is 9.88 Å². The quantitative estimate of drug-likeness (QED) is 0.428. The van der Waals surface area contributed by atoms with Gasteiger partial charge in [-0.3, -0.25) is 0 Å². The summed E-state index contributed by atoms with van der Waals surface area (Å²) in [6.45, 7) is 10.3. The minimum atomic E-state index is -3.72. The van der Waals surface area contributed by atoms with Crippen molar-refractivity contribution in [1.82, 2.24) is 10.6 Å². The van der Waals surface area contributed by atoms with Crippen LogP contribution in [-0.4, -0.2) is 39.7 Å². The van der Waals surface area contributed by atoms with Crippen molar-refractivity contribution in [2.75, 3.05) is 13.2 Å². The molecule has 158 valence electrons. The van der Waals surface area contributed by atoms with Crippen molar-refractivity contribution in [2.45, 2.75) is 70.5 Å². The maximum absolute atomic E-state index is 11.5. The van der Waals surface area contributed by atoms with Crippen molar-refractivity contribution in [3.63, 3.8) is 0 Å². The lowest BCUT2D eigenvalue weighted by atomic mass is 9.58. The second kappa shape index (κ2) is 9.71. The van der Waals surface area contributed by atoms with Gasteiger partial charge in [-0.1, -0.05) is 26.0 Å². The van der Waals surface area contributed by atoms with Gasteiger partial charge in [-0.05, 0) is 50.8 Å². The first kappa shape index (κ1) is 22.6. The molecule has 28 heavy (non-hydrogen) atoms. The van der Waals surface area contributed by atoms with Gasteiger partial charge in [0.15, 0.2) is 5.96 Å². The number of primary sulfonamides is 1. The van der Waals surface area contributed by atoms with E-state index in [-0.39, 0.29) is 16.4 Å². The highest BCUT2D eigenvalue weighted by Gasteiger charge is 2.53. The van der Waals surface area contributed by atoms with Crippen LogP contribution in [0.3, 0.4) is 0 Å². The van der Waals surface area contributed by atoms with Crippen LogP contribution in [0.25, 0.3) is 0 Å². The van der Waals surface area contributed by atoms with Crippen LogP contribution in [0.2, 0.25) is 0 Å². The lowest BCUT2D eigenvalue weighted by Crippen LogP contribution is -2.65. The highest BCUT2D eigenvalue weighted by Crippen LogP contribution is 2.48. The van der Waals surface area contributed by atoms with Crippen LogP contribution in [0.15, 0.2) is 34.2 Å². The van der Waals surface area contributed by atoms with E-state index in [1.54, 1.807) is 12.1 Å². The lowest BCUT2D eigenvalue weighted by Gasteiger charge is -2.55. The molecule has 0 bridgehead atoms. The molecule has 0 aliphatic heterocycles. The molecule has 1 aromatic carbocycles. The third kappa shape index (κ3) is 5.04. The van der Waals surface area contributed by atoms with Crippen LogP contribution in [0.4, 0.5) is 0 Å². The molecule has 8 heteroatoms. The number of rotatable bonds is 9. The number of aliphatic imine (C=N–C) groups is 1. The van der Waals surface area contributed by atoms with E-state index < -0.39 is 10.0 Å². The van der Waals surface area contributed by atoms with E-state index in [0.29, 0.717) is 12.6 Å². The zero-order chi connectivity index (χ0) is 20.8. The van der Waals surface area contributed by atoms with Crippen LogP contribution in [0.5, 0.6) is 0 Å². The SMILES string of the molecule is CCNC(=NCc1cccc(S(N)(=O)=O)c1)NC1CC(OCC)C1(CC)CC. The van der Waals surface area contributed by atoms with E-state index in [9.17, 15) is 8.42 Å². The Labute approximate surface area is 169 Å². The van der Waals surface area contributed by atoms with Crippen molar-refractivity contribution in [3.8, 4) is 0 Å². The number of nitrogens with two attached hydrogens (primary N) is 1. The van der Waals surface area contributed by atoms with Crippen molar-refractivity contribution in [2.24, 2.45) is 15.5 Å². The number of benzene rings is 1. The lowest BCUT2D eigenvalue weighted by molar-refractivity contribution is -0.133. The highest BCUT2D eigenvalue weighted by atomic mass is 32.2. The molecule has 4 N–H and O–H groups in total. The summed E-state index contributed by atoms with van der Waals surface area (Å²) in [4.78, 5) is 4.76. The summed E-state index contributed by atoms with van der Waals surface area (Å²) >= 11 is 0. The Morgan fingerprint density at radius 2 is 2.00 bits per heavy atom. The molecule has 1 saturated carbocycles. The van der Waals surface area contributed by atoms with Crippen molar-refractivity contribution >= 4 is 16.0 Å². The van der Waals surface area contributed by atoms with Crippen LogP contribution in [-0.2, 0) is 21.3 Å². The van der Waals surface area contributed by atoms with Crippen LogP contribution >= 0.6 is 0 Å². The first-order valence-corrected chi connectivity index (χ1v) is 11.6. The minimum absolute atomic E-state index is 0.104. The molecule has 2 atom stereocenters. The number of sulfonamides is 1. The first-order valence-electron chi connectivity index (χ1n) is 10.1. The summed E-state index contributed by atoms with van der Waals surface area (Å²) in [5, 5.41) is 12.1. The number of hydrogen-bond donors (Lipinski definition) is 3. The summed E-state index contributed by atoms with van der Waals surface area (Å²) < 4.78 is 29.0. The number of nitrogens with zero attached hydrogens (tertiary/aromatic N) is 1. The van der Waals surface area contributed by atoms with Crippen molar-refractivity contribution in [1.29, 1.82) is 0 Å². The monoisotopic (exact) mass is 410 g/mol. The number of guanidine groups is 1. The predicted molar refractivity (Wildman–Crippen MR) is 113 cm³/mol. The van der Waals surface area contributed by atoms with Gasteiger partial charge >= 0.3 is 0 Å². The summed E-state index contributed by atoms with van der Waals surface area (Å²) in [6.07, 6.45) is 3.32. The largest absolute Gasteiger partial charge is 0.378 e. The third-order valence-electron chi connectivity index (χ3n) is 5.77. The second-order valence-electron chi connectivity index (χ2n) is 7.20. The fourth-order valence-corrected chi connectivity index (χ4v) is 4.64. The fraction of sp³-hybridized carbons (Fsp3) is 0.650. The van der Waals surface area contributed by atoms with E-state index in [2.05, 4.69) is 29.5 Å². The van der Waals surface area contributed by atoms with Crippen LogP contribution in [0.1, 0.15) is 52.5 Å². The molecule has 1 aliphatic carbocycles. The molecule has 1 fully saturated rings.